The fourth-order valence-electron chi connectivity index (χ4n) is 4.00. The first-order chi connectivity index (χ1) is 10.4. The van der Waals surface area contributed by atoms with Gasteiger partial charge in [0, 0.05) is 17.8 Å². The lowest BCUT2D eigenvalue weighted by Crippen LogP contribution is -2.09. The van der Waals surface area contributed by atoms with Crippen molar-refractivity contribution in [3.8, 4) is 0 Å². The second kappa shape index (κ2) is 9.23. The normalized spacial score (nSPS) is 24.1. The summed E-state index contributed by atoms with van der Waals surface area (Å²) >= 11 is 0. The number of pyridine rings is 1. The Hall–Kier alpha value is -0.850. The molecule has 1 heteroatoms. The molecule has 0 saturated carbocycles. The summed E-state index contributed by atoms with van der Waals surface area (Å²) in [5, 5.41) is 0. The fraction of sp³-hybridized carbons (Fsp3) is 0.750. The molecule has 1 aliphatic carbocycles. The van der Waals surface area contributed by atoms with Crippen molar-refractivity contribution in [2.45, 2.75) is 96.3 Å². The van der Waals surface area contributed by atoms with Crippen LogP contribution in [0.5, 0.6) is 0 Å². The third-order valence-corrected chi connectivity index (χ3v) is 5.08. The molecule has 0 fully saturated rings. The first-order valence-electron chi connectivity index (χ1n) is 9.31. The van der Waals surface area contributed by atoms with Crippen LogP contribution in [0.15, 0.2) is 18.3 Å². The van der Waals surface area contributed by atoms with E-state index in [9.17, 15) is 0 Å². The van der Waals surface area contributed by atoms with Gasteiger partial charge in [-0.25, -0.2) is 0 Å². The molecule has 1 aliphatic rings. The Kier molecular flexibility index (Phi) is 7.26. The standard InChI is InChI=1S/C20H33N/c1-3-11-17-13-8-6-5-7-9-14-18(12-4-2)20-19(17)15-10-16-21-20/h10,15-18H,3-9,11-14H2,1-2H3. The van der Waals surface area contributed by atoms with Crippen LogP contribution in [0.2, 0.25) is 0 Å². The predicted molar refractivity (Wildman–Crippen MR) is 91.9 cm³/mol. The molecule has 2 unspecified atom stereocenters. The SMILES string of the molecule is CCCC1CCCCCCCC(CCC)c2ncccc21. The highest BCUT2D eigenvalue weighted by molar-refractivity contribution is 5.27. The van der Waals surface area contributed by atoms with Gasteiger partial charge in [0.25, 0.3) is 0 Å². The fourth-order valence-corrected chi connectivity index (χ4v) is 4.00. The third-order valence-electron chi connectivity index (χ3n) is 5.08. The largest absolute Gasteiger partial charge is 0.261 e. The van der Waals surface area contributed by atoms with E-state index in [4.69, 9.17) is 4.98 Å². The van der Waals surface area contributed by atoms with Crippen molar-refractivity contribution >= 4 is 0 Å². The Morgan fingerprint density at radius 3 is 2.24 bits per heavy atom. The van der Waals surface area contributed by atoms with Gasteiger partial charge in [0.1, 0.15) is 0 Å². The third kappa shape index (κ3) is 4.83. The van der Waals surface area contributed by atoms with Crippen LogP contribution in [0.1, 0.15) is 108 Å². The van der Waals surface area contributed by atoms with E-state index in [2.05, 4.69) is 26.0 Å². The minimum absolute atomic E-state index is 0.698. The quantitative estimate of drug-likeness (QED) is 0.608. The van der Waals surface area contributed by atoms with Crippen molar-refractivity contribution in [2.24, 2.45) is 0 Å². The number of nitrogens with zero attached hydrogens (tertiary/aromatic N) is 1. The molecule has 2 rings (SSSR count). The molecule has 0 bridgehead atoms. The molecule has 0 spiro atoms. The number of aromatic nitrogens is 1. The second-order valence-corrected chi connectivity index (χ2v) is 6.79. The van der Waals surface area contributed by atoms with Crippen LogP contribution in [0.25, 0.3) is 0 Å². The molecule has 0 radical (unpaired) electrons. The maximum Gasteiger partial charge on any atom is 0.0469 e. The Morgan fingerprint density at radius 2 is 1.52 bits per heavy atom. The molecule has 1 heterocycles. The van der Waals surface area contributed by atoms with E-state index in [1.165, 1.54) is 76.3 Å². The monoisotopic (exact) mass is 287 g/mol. The van der Waals surface area contributed by atoms with Crippen LogP contribution in [-0.2, 0) is 0 Å². The van der Waals surface area contributed by atoms with Gasteiger partial charge in [-0.15, -0.1) is 0 Å². The van der Waals surface area contributed by atoms with Gasteiger partial charge < -0.3 is 0 Å². The van der Waals surface area contributed by atoms with Crippen LogP contribution >= 0.6 is 0 Å². The van der Waals surface area contributed by atoms with Crippen molar-refractivity contribution in [1.82, 2.24) is 4.98 Å². The van der Waals surface area contributed by atoms with Crippen LogP contribution in [0, 0.1) is 0 Å². The molecule has 0 N–H and O–H groups in total. The summed E-state index contributed by atoms with van der Waals surface area (Å²) in [4.78, 5) is 4.86. The van der Waals surface area contributed by atoms with Gasteiger partial charge in [-0.2, -0.15) is 0 Å². The lowest BCUT2D eigenvalue weighted by Gasteiger charge is -2.23. The van der Waals surface area contributed by atoms with Gasteiger partial charge in [-0.3, -0.25) is 4.98 Å². The molecule has 0 aromatic carbocycles. The number of hydrogen-bond acceptors (Lipinski definition) is 1. The Morgan fingerprint density at radius 1 is 0.905 bits per heavy atom. The summed E-state index contributed by atoms with van der Waals surface area (Å²) in [7, 11) is 0. The molecule has 2 atom stereocenters. The topological polar surface area (TPSA) is 12.9 Å². The average molecular weight is 287 g/mol. The van der Waals surface area contributed by atoms with E-state index in [1.54, 1.807) is 5.56 Å². The zero-order valence-electron chi connectivity index (χ0n) is 14.1. The summed E-state index contributed by atoms with van der Waals surface area (Å²) in [6.07, 6.45) is 17.0. The summed E-state index contributed by atoms with van der Waals surface area (Å²) in [5.74, 6) is 1.44. The van der Waals surface area contributed by atoms with E-state index < -0.39 is 0 Å². The molecule has 0 aliphatic heterocycles. The van der Waals surface area contributed by atoms with Gasteiger partial charge >= 0.3 is 0 Å². The number of hydrogen-bond donors (Lipinski definition) is 0. The smallest absolute Gasteiger partial charge is 0.0469 e. The summed E-state index contributed by atoms with van der Waals surface area (Å²) in [6.45, 7) is 4.64. The van der Waals surface area contributed by atoms with E-state index in [0.717, 1.165) is 5.92 Å². The summed E-state index contributed by atoms with van der Waals surface area (Å²) in [6, 6.07) is 4.54. The van der Waals surface area contributed by atoms with E-state index >= 15 is 0 Å². The minimum atomic E-state index is 0.698. The molecule has 1 aromatic heterocycles. The minimum Gasteiger partial charge on any atom is -0.261 e. The molecule has 0 saturated heterocycles. The van der Waals surface area contributed by atoms with Crippen LogP contribution in [-0.4, -0.2) is 4.98 Å². The second-order valence-electron chi connectivity index (χ2n) is 6.79. The van der Waals surface area contributed by atoms with Crippen molar-refractivity contribution in [1.29, 1.82) is 0 Å². The van der Waals surface area contributed by atoms with Gasteiger partial charge in [0.15, 0.2) is 0 Å². The van der Waals surface area contributed by atoms with Gasteiger partial charge in [-0.1, -0.05) is 64.9 Å². The van der Waals surface area contributed by atoms with Gasteiger partial charge in [0.2, 0.25) is 0 Å². The highest BCUT2D eigenvalue weighted by Crippen LogP contribution is 2.36. The first-order valence-corrected chi connectivity index (χ1v) is 9.31. The summed E-state index contributed by atoms with van der Waals surface area (Å²) < 4.78 is 0. The molecule has 0 amide bonds. The van der Waals surface area contributed by atoms with E-state index in [-0.39, 0.29) is 0 Å². The molecule has 1 aromatic rings. The molecule has 118 valence electrons. The molecular weight excluding hydrogens is 254 g/mol. The lowest BCUT2D eigenvalue weighted by molar-refractivity contribution is 0.508. The summed E-state index contributed by atoms with van der Waals surface area (Å²) in [5.41, 5.74) is 3.03. The van der Waals surface area contributed by atoms with E-state index in [1.807, 2.05) is 6.20 Å². The van der Waals surface area contributed by atoms with Crippen LogP contribution < -0.4 is 0 Å². The number of fused-ring (bicyclic) bond motifs is 1. The predicted octanol–water partition coefficient (Wildman–Crippen LogP) is 6.59. The lowest BCUT2D eigenvalue weighted by atomic mass is 9.83. The zero-order valence-corrected chi connectivity index (χ0v) is 14.1. The molecule has 21 heavy (non-hydrogen) atoms. The highest BCUT2D eigenvalue weighted by Gasteiger charge is 2.21. The van der Waals surface area contributed by atoms with Crippen molar-refractivity contribution < 1.29 is 0 Å². The average Bonchev–Trinajstić information content (AvgIpc) is 2.54. The van der Waals surface area contributed by atoms with Gasteiger partial charge in [-0.05, 0) is 43.2 Å². The first kappa shape index (κ1) is 16.5. The molecule has 1 nitrogen and oxygen atoms in total. The molecular formula is C20H33N. The van der Waals surface area contributed by atoms with Crippen molar-refractivity contribution in [3.63, 3.8) is 0 Å². The Bertz CT molecular complexity index is 362. The maximum atomic E-state index is 4.86. The number of rotatable bonds is 4. The Labute approximate surface area is 131 Å². The zero-order chi connectivity index (χ0) is 14.9. The maximum absolute atomic E-state index is 4.86. The highest BCUT2D eigenvalue weighted by atomic mass is 14.7. The van der Waals surface area contributed by atoms with Crippen molar-refractivity contribution in [3.05, 3.63) is 29.6 Å². The van der Waals surface area contributed by atoms with Gasteiger partial charge in [0.05, 0.1) is 0 Å². The van der Waals surface area contributed by atoms with Crippen LogP contribution in [0.3, 0.4) is 0 Å². The van der Waals surface area contributed by atoms with Crippen molar-refractivity contribution in [2.75, 3.05) is 0 Å². The van der Waals surface area contributed by atoms with Crippen LogP contribution in [0.4, 0.5) is 0 Å². The van der Waals surface area contributed by atoms with E-state index in [0.29, 0.717) is 5.92 Å². The Balaban J connectivity index is 2.29.